The third-order valence-corrected chi connectivity index (χ3v) is 4.22. The van der Waals surface area contributed by atoms with Crippen LogP contribution in [-0.2, 0) is 13.1 Å². The molecular weight excluding hydrogens is 287 g/mol. The Morgan fingerprint density at radius 3 is 2.43 bits per heavy atom. The van der Waals surface area contributed by atoms with Gasteiger partial charge in [-0.15, -0.1) is 0 Å². The molecule has 1 atom stereocenters. The summed E-state index contributed by atoms with van der Waals surface area (Å²) in [4.78, 5) is 2.08. The van der Waals surface area contributed by atoms with Gasteiger partial charge in [0.25, 0.3) is 0 Å². The van der Waals surface area contributed by atoms with Gasteiger partial charge in [0.2, 0.25) is 0 Å². The molecule has 3 heteroatoms. The number of benzene rings is 2. The monoisotopic (exact) mass is 314 g/mol. The molecule has 0 aromatic heterocycles. The van der Waals surface area contributed by atoms with E-state index in [4.69, 9.17) is 0 Å². The van der Waals surface area contributed by atoms with Crippen LogP contribution >= 0.6 is 0 Å². The summed E-state index contributed by atoms with van der Waals surface area (Å²) in [6.07, 6.45) is 1.09. The zero-order chi connectivity index (χ0) is 16.7. The summed E-state index contributed by atoms with van der Waals surface area (Å²) in [6, 6.07) is 16.1. The van der Waals surface area contributed by atoms with Crippen LogP contribution in [0.5, 0.6) is 0 Å². The molecule has 124 valence electrons. The molecule has 0 heterocycles. The predicted octanol–water partition coefficient (Wildman–Crippen LogP) is 4.74. The first-order valence-corrected chi connectivity index (χ1v) is 8.44. The Balaban J connectivity index is 2.15. The van der Waals surface area contributed by atoms with Crippen molar-refractivity contribution in [1.82, 2.24) is 5.32 Å². The van der Waals surface area contributed by atoms with Gasteiger partial charge in [0, 0.05) is 25.7 Å². The maximum absolute atomic E-state index is 14.3. The normalized spacial score (nSPS) is 12.2. The Labute approximate surface area is 139 Å². The molecule has 0 aliphatic heterocycles. The lowest BCUT2D eigenvalue weighted by Gasteiger charge is -2.24. The highest BCUT2D eigenvalue weighted by molar-refractivity contribution is 5.50. The Morgan fingerprint density at radius 1 is 1.04 bits per heavy atom. The maximum atomic E-state index is 14.3. The van der Waals surface area contributed by atoms with E-state index in [2.05, 4.69) is 43.1 Å². The van der Waals surface area contributed by atoms with Crippen LogP contribution in [0.4, 0.5) is 10.1 Å². The zero-order valence-corrected chi connectivity index (χ0v) is 14.3. The lowest BCUT2D eigenvalue weighted by molar-refractivity contribution is 0.533. The maximum Gasteiger partial charge on any atom is 0.146 e. The van der Waals surface area contributed by atoms with Crippen molar-refractivity contribution in [1.29, 1.82) is 0 Å². The van der Waals surface area contributed by atoms with Gasteiger partial charge in [0.15, 0.2) is 0 Å². The summed E-state index contributed by atoms with van der Waals surface area (Å²) < 4.78 is 14.3. The van der Waals surface area contributed by atoms with Gasteiger partial charge in [-0.05, 0) is 43.5 Å². The van der Waals surface area contributed by atoms with Crippen LogP contribution in [0.25, 0.3) is 0 Å². The van der Waals surface area contributed by atoms with Gasteiger partial charge >= 0.3 is 0 Å². The summed E-state index contributed by atoms with van der Waals surface area (Å²) in [5.41, 5.74) is 2.99. The molecule has 2 nitrogen and oxygen atoms in total. The molecule has 2 rings (SSSR count). The molecule has 2 aromatic carbocycles. The second-order valence-corrected chi connectivity index (χ2v) is 5.98. The minimum absolute atomic E-state index is 0.157. The molecule has 0 saturated heterocycles. The van der Waals surface area contributed by atoms with Crippen molar-refractivity contribution in [2.75, 3.05) is 11.4 Å². The molecule has 1 unspecified atom stereocenters. The van der Waals surface area contributed by atoms with Crippen LogP contribution in [0.2, 0.25) is 0 Å². The first-order valence-electron chi connectivity index (χ1n) is 8.44. The van der Waals surface area contributed by atoms with Gasteiger partial charge in [-0.1, -0.05) is 43.3 Å². The van der Waals surface area contributed by atoms with E-state index in [0.717, 1.165) is 31.6 Å². The zero-order valence-electron chi connectivity index (χ0n) is 14.3. The van der Waals surface area contributed by atoms with Crippen molar-refractivity contribution in [2.24, 2.45) is 0 Å². The number of nitrogens with one attached hydrogen (secondary N) is 1. The average Bonchev–Trinajstić information content (AvgIpc) is 2.59. The summed E-state index contributed by atoms with van der Waals surface area (Å²) in [5, 5.41) is 3.46. The largest absolute Gasteiger partial charge is 0.365 e. The van der Waals surface area contributed by atoms with Crippen molar-refractivity contribution in [3.05, 3.63) is 65.5 Å². The van der Waals surface area contributed by atoms with Crippen molar-refractivity contribution < 1.29 is 4.39 Å². The first-order chi connectivity index (χ1) is 11.1. The van der Waals surface area contributed by atoms with Gasteiger partial charge in [-0.25, -0.2) is 4.39 Å². The number of rotatable bonds is 8. The van der Waals surface area contributed by atoms with Crippen LogP contribution in [0.1, 0.15) is 38.3 Å². The van der Waals surface area contributed by atoms with Crippen molar-refractivity contribution in [3.63, 3.8) is 0 Å². The minimum atomic E-state index is -0.157. The third kappa shape index (κ3) is 5.07. The lowest BCUT2D eigenvalue weighted by Crippen LogP contribution is -2.25. The molecule has 23 heavy (non-hydrogen) atoms. The molecule has 2 aromatic rings. The van der Waals surface area contributed by atoms with Crippen LogP contribution in [0.15, 0.2) is 48.5 Å². The minimum Gasteiger partial charge on any atom is -0.365 e. The molecule has 0 saturated carbocycles. The van der Waals surface area contributed by atoms with E-state index in [-0.39, 0.29) is 5.82 Å². The molecule has 0 amide bonds. The second-order valence-electron chi connectivity index (χ2n) is 5.98. The van der Waals surface area contributed by atoms with E-state index in [1.54, 1.807) is 6.07 Å². The van der Waals surface area contributed by atoms with Crippen molar-refractivity contribution >= 4 is 5.69 Å². The molecule has 0 fully saturated rings. The number of hydrogen-bond donors (Lipinski definition) is 1. The highest BCUT2D eigenvalue weighted by Crippen LogP contribution is 2.23. The van der Waals surface area contributed by atoms with Gasteiger partial charge < -0.3 is 10.2 Å². The molecule has 0 bridgehead atoms. The smallest absolute Gasteiger partial charge is 0.146 e. The van der Waals surface area contributed by atoms with E-state index in [9.17, 15) is 4.39 Å². The second kappa shape index (κ2) is 8.68. The number of anilines is 1. The predicted molar refractivity (Wildman–Crippen MR) is 96.2 cm³/mol. The highest BCUT2D eigenvalue weighted by atomic mass is 19.1. The molecule has 0 aliphatic rings. The summed E-state index contributed by atoms with van der Waals surface area (Å²) >= 11 is 0. The highest BCUT2D eigenvalue weighted by Gasteiger charge is 2.12. The Kier molecular flexibility index (Phi) is 6.60. The quantitative estimate of drug-likeness (QED) is 0.757. The van der Waals surface area contributed by atoms with E-state index < -0.39 is 0 Å². The van der Waals surface area contributed by atoms with Crippen LogP contribution in [0.3, 0.4) is 0 Å². The van der Waals surface area contributed by atoms with Crippen LogP contribution in [-0.4, -0.2) is 12.6 Å². The van der Waals surface area contributed by atoms with E-state index >= 15 is 0 Å². The summed E-state index contributed by atoms with van der Waals surface area (Å²) in [7, 11) is 0. The van der Waals surface area contributed by atoms with Crippen LogP contribution < -0.4 is 10.2 Å². The molecule has 0 aliphatic carbocycles. The van der Waals surface area contributed by atoms with E-state index in [0.29, 0.717) is 11.7 Å². The Hall–Kier alpha value is -1.87. The number of nitrogens with zero attached hydrogens (tertiary/aromatic N) is 1. The standard InChI is InChI=1S/C20H27FN2/c1-4-16(3)22-14-18-11-12-19(21)20(13-18)23(5-2)15-17-9-7-6-8-10-17/h6-13,16,22H,4-5,14-15H2,1-3H3. The average molecular weight is 314 g/mol. The molecule has 0 radical (unpaired) electrons. The fourth-order valence-electron chi connectivity index (χ4n) is 2.52. The molecule has 0 spiro atoms. The Morgan fingerprint density at radius 2 is 1.78 bits per heavy atom. The lowest BCUT2D eigenvalue weighted by atomic mass is 10.1. The fraction of sp³-hybridized carbons (Fsp3) is 0.400. The molecular formula is C20H27FN2. The summed E-state index contributed by atoms with van der Waals surface area (Å²) in [5.74, 6) is -0.157. The topological polar surface area (TPSA) is 15.3 Å². The van der Waals surface area contributed by atoms with Gasteiger partial charge in [0.1, 0.15) is 5.82 Å². The molecule has 1 N–H and O–H groups in total. The van der Waals surface area contributed by atoms with Gasteiger partial charge in [-0.2, -0.15) is 0 Å². The first kappa shape index (κ1) is 17.5. The van der Waals surface area contributed by atoms with Gasteiger partial charge in [0.05, 0.1) is 5.69 Å². The fourth-order valence-corrected chi connectivity index (χ4v) is 2.52. The van der Waals surface area contributed by atoms with E-state index in [1.807, 2.05) is 30.3 Å². The van der Waals surface area contributed by atoms with Crippen LogP contribution in [0, 0.1) is 5.82 Å². The third-order valence-electron chi connectivity index (χ3n) is 4.22. The van der Waals surface area contributed by atoms with E-state index in [1.165, 1.54) is 5.56 Å². The number of hydrogen-bond acceptors (Lipinski definition) is 2. The van der Waals surface area contributed by atoms with Crippen molar-refractivity contribution in [2.45, 2.75) is 46.3 Å². The number of halogens is 1. The van der Waals surface area contributed by atoms with Crippen molar-refractivity contribution in [3.8, 4) is 0 Å². The SMILES string of the molecule is CCC(C)NCc1ccc(F)c(N(CC)Cc2ccccc2)c1. The van der Waals surface area contributed by atoms with Gasteiger partial charge in [-0.3, -0.25) is 0 Å². The Bertz CT molecular complexity index is 598. The summed E-state index contributed by atoms with van der Waals surface area (Å²) in [6.45, 7) is 8.65.